The van der Waals surface area contributed by atoms with Gasteiger partial charge in [-0.15, -0.1) is 0 Å². The van der Waals surface area contributed by atoms with Crippen LogP contribution in [0.5, 0.6) is 0 Å². The molecule has 0 saturated carbocycles. The van der Waals surface area contributed by atoms with Crippen LogP contribution in [0.15, 0.2) is 18.2 Å². The van der Waals surface area contributed by atoms with Gasteiger partial charge in [0.2, 0.25) is 10.0 Å². The van der Waals surface area contributed by atoms with Gasteiger partial charge in [0.05, 0.1) is 18.4 Å². The zero-order valence-electron chi connectivity index (χ0n) is 12.1. The number of carbonyl (C=O) groups is 1. The lowest BCUT2D eigenvalue weighted by atomic mass is 10.0. The molecule has 0 aliphatic carbocycles. The Morgan fingerprint density at radius 3 is 2.05 bits per heavy atom. The molecule has 0 amide bonds. The fourth-order valence-corrected chi connectivity index (χ4v) is 3.17. The number of carboxylic acids is 1. The first-order valence-electron chi connectivity index (χ1n) is 6.61. The number of benzene rings is 1. The molecule has 0 aliphatic heterocycles. The van der Waals surface area contributed by atoms with E-state index in [0.29, 0.717) is 18.5 Å². The molecule has 0 unspecified atom stereocenters. The average Bonchev–Trinajstić information content (AvgIpc) is 2.37. The second-order valence-corrected chi connectivity index (χ2v) is 6.52. The minimum absolute atomic E-state index is 0.0435. The highest BCUT2D eigenvalue weighted by atomic mass is 32.2. The maximum absolute atomic E-state index is 12.0. The van der Waals surface area contributed by atoms with Gasteiger partial charge in [-0.2, -0.15) is 0 Å². The molecule has 6 heteroatoms. The third-order valence-corrected chi connectivity index (χ3v) is 4.31. The molecule has 0 heterocycles. The number of rotatable bonds is 7. The van der Waals surface area contributed by atoms with Gasteiger partial charge in [0.15, 0.2) is 0 Å². The van der Waals surface area contributed by atoms with Gasteiger partial charge < -0.3 is 5.11 Å². The van der Waals surface area contributed by atoms with Crippen molar-refractivity contribution in [2.24, 2.45) is 0 Å². The fourth-order valence-electron chi connectivity index (χ4n) is 2.18. The fraction of sp³-hybridized carbons (Fsp3) is 0.500. The molecule has 0 aliphatic rings. The van der Waals surface area contributed by atoms with Crippen molar-refractivity contribution in [1.82, 2.24) is 0 Å². The van der Waals surface area contributed by atoms with Crippen molar-refractivity contribution in [3.63, 3.8) is 0 Å². The van der Waals surface area contributed by atoms with Gasteiger partial charge in [0.1, 0.15) is 0 Å². The van der Waals surface area contributed by atoms with E-state index in [4.69, 9.17) is 5.11 Å². The maximum Gasteiger partial charge on any atom is 0.305 e. The van der Waals surface area contributed by atoms with E-state index in [2.05, 4.69) is 0 Å². The summed E-state index contributed by atoms with van der Waals surface area (Å²) in [5, 5.41) is 8.81. The summed E-state index contributed by atoms with van der Waals surface area (Å²) in [4.78, 5) is 10.7. The Balaban J connectivity index is 3.36. The molecule has 1 aromatic carbocycles. The average molecular weight is 299 g/mol. The van der Waals surface area contributed by atoms with Gasteiger partial charge in [0, 0.05) is 6.54 Å². The lowest BCUT2D eigenvalue weighted by Crippen LogP contribution is -2.33. The summed E-state index contributed by atoms with van der Waals surface area (Å²) < 4.78 is 25.2. The summed E-state index contributed by atoms with van der Waals surface area (Å²) in [7, 11) is -3.51. The Morgan fingerprint density at radius 1 is 1.20 bits per heavy atom. The van der Waals surface area contributed by atoms with Crippen LogP contribution in [-0.2, 0) is 27.7 Å². The predicted octanol–water partition coefficient (Wildman–Crippen LogP) is 2.05. The quantitative estimate of drug-likeness (QED) is 0.836. The molecule has 0 spiro atoms. The predicted molar refractivity (Wildman–Crippen MR) is 79.6 cm³/mol. The molecule has 0 fully saturated rings. The molecule has 20 heavy (non-hydrogen) atoms. The second-order valence-electron chi connectivity index (χ2n) is 4.61. The van der Waals surface area contributed by atoms with Gasteiger partial charge in [-0.3, -0.25) is 9.10 Å². The van der Waals surface area contributed by atoms with Crippen molar-refractivity contribution in [2.45, 2.75) is 33.1 Å². The lowest BCUT2D eigenvalue weighted by Gasteiger charge is -2.26. The highest BCUT2D eigenvalue weighted by Crippen LogP contribution is 2.29. The van der Waals surface area contributed by atoms with Gasteiger partial charge in [-0.05, 0) is 24.0 Å². The van der Waals surface area contributed by atoms with Crippen molar-refractivity contribution >= 4 is 21.7 Å². The van der Waals surface area contributed by atoms with E-state index in [1.165, 1.54) is 4.31 Å². The first-order valence-corrected chi connectivity index (χ1v) is 8.46. The summed E-state index contributed by atoms with van der Waals surface area (Å²) in [6.45, 7) is 3.87. The van der Waals surface area contributed by atoms with Crippen LogP contribution in [0.1, 0.15) is 31.4 Å². The van der Waals surface area contributed by atoms with Gasteiger partial charge in [0.25, 0.3) is 0 Å². The van der Waals surface area contributed by atoms with Crippen LogP contribution in [0.2, 0.25) is 0 Å². The van der Waals surface area contributed by atoms with Gasteiger partial charge in [-0.25, -0.2) is 8.42 Å². The van der Waals surface area contributed by atoms with Crippen molar-refractivity contribution < 1.29 is 18.3 Å². The SMILES string of the molecule is CCc1cccc(CC)c1N(CCC(=O)O)S(C)(=O)=O. The Kier molecular flexibility index (Phi) is 5.56. The number of hydrogen-bond acceptors (Lipinski definition) is 3. The maximum atomic E-state index is 12.0. The first kappa shape index (κ1) is 16.5. The van der Waals surface area contributed by atoms with E-state index in [0.717, 1.165) is 17.4 Å². The molecule has 112 valence electrons. The van der Waals surface area contributed by atoms with Crippen molar-refractivity contribution in [3.05, 3.63) is 29.3 Å². The van der Waals surface area contributed by atoms with Gasteiger partial charge >= 0.3 is 5.97 Å². The van der Waals surface area contributed by atoms with E-state index in [1.54, 1.807) is 0 Å². The molecule has 1 N–H and O–H groups in total. The summed E-state index contributed by atoms with van der Waals surface area (Å²) >= 11 is 0. The van der Waals surface area contributed by atoms with Crippen molar-refractivity contribution in [3.8, 4) is 0 Å². The Hall–Kier alpha value is -1.56. The molecule has 0 bridgehead atoms. The standard InChI is InChI=1S/C14H21NO4S/c1-4-11-7-6-8-12(5-2)14(11)15(20(3,18)19)10-9-13(16)17/h6-8H,4-5,9-10H2,1-3H3,(H,16,17). The zero-order chi connectivity index (χ0) is 15.3. The Labute approximate surface area is 120 Å². The third kappa shape index (κ3) is 3.96. The molecule has 5 nitrogen and oxygen atoms in total. The monoisotopic (exact) mass is 299 g/mol. The van der Waals surface area contributed by atoms with E-state index in [1.807, 2.05) is 32.0 Å². The largest absolute Gasteiger partial charge is 0.481 e. The van der Waals surface area contributed by atoms with Crippen LogP contribution in [0.3, 0.4) is 0 Å². The van der Waals surface area contributed by atoms with Crippen LogP contribution in [0.4, 0.5) is 5.69 Å². The minimum Gasteiger partial charge on any atom is -0.481 e. The topological polar surface area (TPSA) is 74.7 Å². The second kappa shape index (κ2) is 6.74. The minimum atomic E-state index is -3.51. The van der Waals surface area contributed by atoms with Crippen LogP contribution in [0, 0.1) is 0 Å². The number of anilines is 1. The Morgan fingerprint density at radius 2 is 1.70 bits per heavy atom. The number of carboxylic acid groups (broad SMARTS) is 1. The van der Waals surface area contributed by atoms with E-state index < -0.39 is 16.0 Å². The number of nitrogens with zero attached hydrogens (tertiary/aromatic N) is 1. The smallest absolute Gasteiger partial charge is 0.305 e. The van der Waals surface area contributed by atoms with Crippen LogP contribution < -0.4 is 4.31 Å². The molecule has 0 atom stereocenters. The van der Waals surface area contributed by atoms with Crippen molar-refractivity contribution in [1.29, 1.82) is 0 Å². The number of para-hydroxylation sites is 1. The highest BCUT2D eigenvalue weighted by Gasteiger charge is 2.23. The molecule has 0 radical (unpaired) electrons. The number of aliphatic carboxylic acids is 1. The molecular formula is C14H21NO4S. The number of hydrogen-bond donors (Lipinski definition) is 1. The van der Waals surface area contributed by atoms with Crippen LogP contribution in [0.25, 0.3) is 0 Å². The summed E-state index contributed by atoms with van der Waals surface area (Å²) in [5.41, 5.74) is 2.47. The van der Waals surface area contributed by atoms with Crippen LogP contribution >= 0.6 is 0 Å². The molecule has 0 saturated heterocycles. The third-order valence-electron chi connectivity index (χ3n) is 3.14. The number of aryl methyl sites for hydroxylation is 2. The van der Waals surface area contributed by atoms with E-state index in [-0.39, 0.29) is 13.0 Å². The normalized spacial score (nSPS) is 11.3. The lowest BCUT2D eigenvalue weighted by molar-refractivity contribution is -0.136. The van der Waals surface area contributed by atoms with Crippen LogP contribution in [-0.4, -0.2) is 32.3 Å². The molecule has 0 aromatic heterocycles. The summed E-state index contributed by atoms with van der Waals surface area (Å²) in [5.74, 6) is -1.01. The molecule has 1 rings (SSSR count). The van der Waals surface area contributed by atoms with E-state index >= 15 is 0 Å². The summed E-state index contributed by atoms with van der Waals surface area (Å²) in [6, 6.07) is 5.67. The molecular weight excluding hydrogens is 278 g/mol. The van der Waals surface area contributed by atoms with Gasteiger partial charge in [-0.1, -0.05) is 32.0 Å². The summed E-state index contributed by atoms with van der Waals surface area (Å²) in [6.07, 6.45) is 2.29. The highest BCUT2D eigenvalue weighted by molar-refractivity contribution is 7.92. The van der Waals surface area contributed by atoms with Crippen molar-refractivity contribution in [2.75, 3.05) is 17.1 Å². The number of sulfonamides is 1. The Bertz CT molecular complexity index is 559. The zero-order valence-corrected chi connectivity index (χ0v) is 12.9. The first-order chi connectivity index (χ1) is 9.31. The molecule has 1 aromatic rings. The van der Waals surface area contributed by atoms with E-state index in [9.17, 15) is 13.2 Å².